The van der Waals surface area contributed by atoms with Gasteiger partial charge in [-0.15, -0.1) is 0 Å². The first-order chi connectivity index (χ1) is 13.8. The highest BCUT2D eigenvalue weighted by molar-refractivity contribution is 7.90. The molecule has 0 heterocycles. The van der Waals surface area contributed by atoms with Gasteiger partial charge in [-0.05, 0) is 53.9 Å². The van der Waals surface area contributed by atoms with Crippen molar-refractivity contribution in [2.45, 2.75) is 17.6 Å². The molecule has 0 amide bonds. The minimum absolute atomic E-state index is 0.117. The molecule has 0 saturated heterocycles. The summed E-state index contributed by atoms with van der Waals surface area (Å²) in [6, 6.07) is 18.6. The lowest BCUT2D eigenvalue weighted by atomic mass is 10.00. The number of ether oxygens (including phenoxy) is 1. The monoisotopic (exact) mass is 430 g/mol. The van der Waals surface area contributed by atoms with Gasteiger partial charge < -0.3 is 9.84 Å². The van der Waals surface area contributed by atoms with Crippen molar-refractivity contribution in [3.8, 4) is 16.9 Å². The van der Waals surface area contributed by atoms with Crippen LogP contribution in [0.2, 0.25) is 5.02 Å². The molecule has 0 aliphatic rings. The van der Waals surface area contributed by atoms with Crippen LogP contribution < -0.4 is 4.74 Å². The van der Waals surface area contributed by atoms with E-state index in [9.17, 15) is 13.2 Å². The average molecular weight is 431 g/mol. The van der Waals surface area contributed by atoms with E-state index in [4.69, 9.17) is 21.4 Å². The SMILES string of the molecule is Cc1ccc(S(=O)(=O)Cc2ccccc2)cc1-c1cc(Cl)ccc1OCC(=O)O. The van der Waals surface area contributed by atoms with Gasteiger partial charge in [-0.1, -0.05) is 48.0 Å². The molecule has 150 valence electrons. The summed E-state index contributed by atoms with van der Waals surface area (Å²) in [5, 5.41) is 9.34. The van der Waals surface area contributed by atoms with Crippen LogP contribution in [0.25, 0.3) is 11.1 Å². The molecule has 0 atom stereocenters. The summed E-state index contributed by atoms with van der Waals surface area (Å²) in [6.45, 7) is 1.32. The van der Waals surface area contributed by atoms with E-state index in [0.29, 0.717) is 27.5 Å². The molecule has 0 unspecified atom stereocenters. The molecule has 1 N–H and O–H groups in total. The Morgan fingerprint density at radius 1 is 1.00 bits per heavy atom. The minimum atomic E-state index is -3.58. The second-order valence-corrected chi connectivity index (χ2v) is 8.97. The van der Waals surface area contributed by atoms with Crippen LogP contribution in [0.4, 0.5) is 0 Å². The fourth-order valence-corrected chi connectivity index (χ4v) is 4.48. The Labute approximate surface area is 174 Å². The van der Waals surface area contributed by atoms with Crippen LogP contribution in [0.3, 0.4) is 0 Å². The number of halogens is 1. The molecule has 7 heteroatoms. The predicted octanol–water partition coefficient (Wildman–Crippen LogP) is 4.75. The molecule has 0 spiro atoms. The fourth-order valence-electron chi connectivity index (χ4n) is 2.94. The van der Waals surface area contributed by atoms with Crippen LogP contribution in [0.5, 0.6) is 5.75 Å². The van der Waals surface area contributed by atoms with E-state index in [1.165, 1.54) is 0 Å². The van der Waals surface area contributed by atoms with Crippen LogP contribution in [0.1, 0.15) is 11.1 Å². The number of aryl methyl sites for hydroxylation is 1. The number of hydrogen-bond acceptors (Lipinski definition) is 4. The number of carboxylic acids is 1. The van der Waals surface area contributed by atoms with E-state index in [1.807, 2.05) is 13.0 Å². The molecule has 0 radical (unpaired) electrons. The van der Waals surface area contributed by atoms with Crippen LogP contribution in [-0.4, -0.2) is 26.1 Å². The van der Waals surface area contributed by atoms with E-state index < -0.39 is 22.4 Å². The molecule has 5 nitrogen and oxygen atoms in total. The van der Waals surface area contributed by atoms with E-state index in [-0.39, 0.29) is 10.6 Å². The molecule has 0 aliphatic carbocycles. The Bertz CT molecular complexity index is 1140. The molecular formula is C22H19ClO5S. The number of sulfone groups is 1. The van der Waals surface area contributed by atoms with Crippen molar-refractivity contribution in [2.24, 2.45) is 0 Å². The highest BCUT2D eigenvalue weighted by Gasteiger charge is 2.19. The number of hydrogen-bond donors (Lipinski definition) is 1. The lowest BCUT2D eigenvalue weighted by Gasteiger charge is -2.14. The van der Waals surface area contributed by atoms with Gasteiger partial charge >= 0.3 is 5.97 Å². The Morgan fingerprint density at radius 3 is 2.41 bits per heavy atom. The van der Waals surface area contributed by atoms with Gasteiger partial charge in [-0.25, -0.2) is 13.2 Å². The third kappa shape index (κ3) is 5.16. The third-order valence-corrected chi connectivity index (χ3v) is 6.27. The zero-order chi connectivity index (χ0) is 21.0. The maximum absolute atomic E-state index is 12.9. The lowest BCUT2D eigenvalue weighted by Crippen LogP contribution is -2.10. The standard InChI is InChI=1S/C22H19ClO5S/c1-15-7-9-18(29(26,27)14-16-5-3-2-4-6-16)12-19(15)20-11-17(23)8-10-21(20)28-13-22(24)25/h2-12H,13-14H2,1H3,(H,24,25). The smallest absolute Gasteiger partial charge is 0.341 e. The van der Waals surface area contributed by atoms with E-state index in [0.717, 1.165) is 5.56 Å². The van der Waals surface area contributed by atoms with Crippen molar-refractivity contribution in [3.63, 3.8) is 0 Å². The summed E-state index contributed by atoms with van der Waals surface area (Å²) < 4.78 is 31.2. The maximum Gasteiger partial charge on any atom is 0.341 e. The van der Waals surface area contributed by atoms with Crippen molar-refractivity contribution in [2.75, 3.05) is 6.61 Å². The second kappa shape index (κ2) is 8.68. The van der Waals surface area contributed by atoms with E-state index in [2.05, 4.69) is 0 Å². The van der Waals surface area contributed by atoms with Gasteiger partial charge in [0, 0.05) is 10.6 Å². The Morgan fingerprint density at radius 2 is 1.72 bits per heavy atom. The largest absolute Gasteiger partial charge is 0.481 e. The van der Waals surface area contributed by atoms with Gasteiger partial charge in [0.2, 0.25) is 0 Å². The van der Waals surface area contributed by atoms with Gasteiger partial charge in [0.05, 0.1) is 10.6 Å². The lowest BCUT2D eigenvalue weighted by molar-refractivity contribution is -0.139. The van der Waals surface area contributed by atoms with Gasteiger partial charge in [-0.3, -0.25) is 0 Å². The van der Waals surface area contributed by atoms with Crippen molar-refractivity contribution in [1.29, 1.82) is 0 Å². The van der Waals surface area contributed by atoms with Crippen molar-refractivity contribution in [1.82, 2.24) is 0 Å². The first kappa shape index (κ1) is 20.9. The summed E-state index contributed by atoms with van der Waals surface area (Å²) >= 11 is 6.13. The molecule has 3 aromatic carbocycles. The number of rotatable bonds is 7. The molecule has 3 rings (SSSR count). The van der Waals surface area contributed by atoms with Crippen molar-refractivity contribution >= 4 is 27.4 Å². The molecule has 0 saturated carbocycles. The normalized spacial score (nSPS) is 11.2. The quantitative estimate of drug-likeness (QED) is 0.584. The number of carboxylic acid groups (broad SMARTS) is 1. The fraction of sp³-hybridized carbons (Fsp3) is 0.136. The van der Waals surface area contributed by atoms with Crippen LogP contribution in [0.15, 0.2) is 71.6 Å². The zero-order valence-corrected chi connectivity index (χ0v) is 17.2. The number of carbonyl (C=O) groups is 1. The molecule has 29 heavy (non-hydrogen) atoms. The maximum atomic E-state index is 12.9. The van der Waals surface area contributed by atoms with Crippen LogP contribution >= 0.6 is 11.6 Å². The molecule has 0 bridgehead atoms. The minimum Gasteiger partial charge on any atom is -0.481 e. The van der Waals surface area contributed by atoms with Crippen LogP contribution in [0, 0.1) is 6.92 Å². The second-order valence-electron chi connectivity index (χ2n) is 6.54. The highest BCUT2D eigenvalue weighted by atomic mass is 35.5. The third-order valence-electron chi connectivity index (χ3n) is 4.35. The number of aliphatic carboxylic acids is 1. The summed E-state index contributed by atoms with van der Waals surface area (Å²) in [4.78, 5) is 11.1. The van der Waals surface area contributed by atoms with E-state index >= 15 is 0 Å². The van der Waals surface area contributed by atoms with Gasteiger partial charge in [-0.2, -0.15) is 0 Å². The first-order valence-electron chi connectivity index (χ1n) is 8.78. The summed E-state index contributed by atoms with van der Waals surface area (Å²) in [7, 11) is -3.58. The number of benzene rings is 3. The summed E-state index contributed by atoms with van der Waals surface area (Å²) in [6.07, 6.45) is 0. The summed E-state index contributed by atoms with van der Waals surface area (Å²) in [5.41, 5.74) is 2.66. The van der Waals surface area contributed by atoms with E-state index in [1.54, 1.807) is 60.7 Å². The average Bonchev–Trinajstić information content (AvgIpc) is 2.67. The van der Waals surface area contributed by atoms with Crippen molar-refractivity contribution < 1.29 is 23.1 Å². The summed E-state index contributed by atoms with van der Waals surface area (Å²) in [5.74, 6) is -0.909. The molecule has 3 aromatic rings. The molecule has 0 aromatic heterocycles. The van der Waals surface area contributed by atoms with Crippen molar-refractivity contribution in [3.05, 3.63) is 82.9 Å². The zero-order valence-electron chi connectivity index (χ0n) is 15.6. The molecule has 0 aliphatic heterocycles. The predicted molar refractivity (Wildman–Crippen MR) is 112 cm³/mol. The Kier molecular flexibility index (Phi) is 6.25. The van der Waals surface area contributed by atoms with Gasteiger partial charge in [0.25, 0.3) is 0 Å². The molecular weight excluding hydrogens is 412 g/mol. The van der Waals surface area contributed by atoms with Crippen LogP contribution in [-0.2, 0) is 20.4 Å². The Hall–Kier alpha value is -2.83. The van der Waals surface area contributed by atoms with Gasteiger partial charge in [0.15, 0.2) is 16.4 Å². The van der Waals surface area contributed by atoms with Gasteiger partial charge in [0.1, 0.15) is 5.75 Å². The molecule has 0 fully saturated rings. The Balaban J connectivity index is 2.04. The topological polar surface area (TPSA) is 80.7 Å². The highest BCUT2D eigenvalue weighted by Crippen LogP contribution is 2.36. The first-order valence-corrected chi connectivity index (χ1v) is 10.8.